The summed E-state index contributed by atoms with van der Waals surface area (Å²) in [6.45, 7) is 6.31. The summed E-state index contributed by atoms with van der Waals surface area (Å²) in [7, 11) is -3.72. The molecule has 0 aliphatic heterocycles. The molecule has 0 fully saturated rings. The van der Waals surface area contributed by atoms with Crippen LogP contribution in [0.15, 0.2) is 54.6 Å². The number of benzene rings is 2. The van der Waals surface area contributed by atoms with Crippen LogP contribution in [0.1, 0.15) is 32.8 Å². The number of nitrogens with one attached hydrogen (secondary N) is 1. The van der Waals surface area contributed by atoms with E-state index in [1.165, 1.54) is 4.90 Å². The highest BCUT2D eigenvalue weighted by atomic mass is 127. The number of halogens is 1. The van der Waals surface area contributed by atoms with Crippen molar-refractivity contribution in [1.82, 2.24) is 10.2 Å². The molecule has 0 aliphatic rings. The second-order valence-corrected chi connectivity index (χ2v) is 11.8. The van der Waals surface area contributed by atoms with Gasteiger partial charge >= 0.3 is 0 Å². The monoisotopic (exact) mass is 599 g/mol. The predicted molar refractivity (Wildman–Crippen MR) is 145 cm³/mol. The molecule has 2 amide bonds. The normalized spacial score (nSPS) is 12.3. The molecule has 2 rings (SSSR count). The molecule has 2 aromatic carbocycles. The molecule has 9 heteroatoms. The smallest absolute Gasteiger partial charge is 0.244 e. The lowest BCUT2D eigenvalue weighted by molar-refractivity contribution is -0.139. The van der Waals surface area contributed by atoms with Crippen molar-refractivity contribution in [2.24, 2.45) is 5.92 Å². The Morgan fingerprint density at radius 2 is 1.65 bits per heavy atom. The topological polar surface area (TPSA) is 86.8 Å². The van der Waals surface area contributed by atoms with Crippen LogP contribution < -0.4 is 9.62 Å². The fourth-order valence-electron chi connectivity index (χ4n) is 3.54. The maximum absolute atomic E-state index is 13.5. The van der Waals surface area contributed by atoms with E-state index >= 15 is 0 Å². The van der Waals surface area contributed by atoms with E-state index in [4.69, 9.17) is 0 Å². The standard InChI is InChI=1S/C25H34IN3O4S/c1-5-23(25(31)27-17-19(2)3)28(16-15-20-9-7-6-8-10-20)24(30)18-29(34(4,32)33)22-13-11-21(26)12-14-22/h6-14,19,23H,5,15-18H2,1-4H3,(H,27,31). The summed E-state index contributed by atoms with van der Waals surface area (Å²) in [6.07, 6.45) is 2.06. The van der Waals surface area contributed by atoms with Crippen molar-refractivity contribution in [3.63, 3.8) is 0 Å². The molecule has 0 saturated heterocycles. The van der Waals surface area contributed by atoms with E-state index in [2.05, 4.69) is 27.9 Å². The fraction of sp³-hybridized carbons (Fsp3) is 0.440. The zero-order chi connectivity index (χ0) is 25.3. The molecule has 0 bridgehead atoms. The van der Waals surface area contributed by atoms with E-state index in [1.54, 1.807) is 24.3 Å². The first-order chi connectivity index (χ1) is 16.0. The molecule has 1 N–H and O–H groups in total. The lowest BCUT2D eigenvalue weighted by atomic mass is 10.1. The van der Waals surface area contributed by atoms with Crippen LogP contribution in [0.25, 0.3) is 0 Å². The molecule has 7 nitrogen and oxygen atoms in total. The highest BCUT2D eigenvalue weighted by molar-refractivity contribution is 14.1. The van der Waals surface area contributed by atoms with Gasteiger partial charge in [0, 0.05) is 16.7 Å². The number of hydrogen-bond acceptors (Lipinski definition) is 4. The van der Waals surface area contributed by atoms with Gasteiger partial charge in [0.05, 0.1) is 11.9 Å². The Morgan fingerprint density at radius 3 is 2.18 bits per heavy atom. The summed E-state index contributed by atoms with van der Waals surface area (Å²) in [5.74, 6) is -0.360. The summed E-state index contributed by atoms with van der Waals surface area (Å²) in [6, 6.07) is 16.0. The Balaban J connectivity index is 2.32. The van der Waals surface area contributed by atoms with E-state index in [0.717, 1.165) is 19.7 Å². The Hall–Kier alpha value is -2.14. The van der Waals surface area contributed by atoms with E-state index < -0.39 is 22.0 Å². The minimum Gasteiger partial charge on any atom is -0.354 e. The van der Waals surface area contributed by atoms with Gasteiger partial charge in [0.15, 0.2) is 0 Å². The van der Waals surface area contributed by atoms with Gasteiger partial charge in [-0.15, -0.1) is 0 Å². The number of rotatable bonds is 12. The number of nitrogens with zero attached hydrogens (tertiary/aromatic N) is 2. The molecule has 0 radical (unpaired) electrons. The van der Waals surface area contributed by atoms with Crippen LogP contribution in [0.4, 0.5) is 5.69 Å². The number of hydrogen-bond donors (Lipinski definition) is 1. The highest BCUT2D eigenvalue weighted by Gasteiger charge is 2.31. The molecule has 2 aromatic rings. The van der Waals surface area contributed by atoms with Gasteiger partial charge < -0.3 is 10.2 Å². The van der Waals surface area contributed by atoms with Crippen molar-refractivity contribution in [2.75, 3.05) is 30.2 Å². The number of sulfonamides is 1. The van der Waals surface area contributed by atoms with Crippen molar-refractivity contribution in [1.29, 1.82) is 0 Å². The number of anilines is 1. The molecule has 186 valence electrons. The highest BCUT2D eigenvalue weighted by Crippen LogP contribution is 2.20. The lowest BCUT2D eigenvalue weighted by Crippen LogP contribution is -2.53. The Bertz CT molecular complexity index is 1040. The minimum atomic E-state index is -3.72. The van der Waals surface area contributed by atoms with Crippen molar-refractivity contribution in [3.05, 3.63) is 63.7 Å². The first kappa shape index (κ1) is 28.1. The third-order valence-electron chi connectivity index (χ3n) is 5.35. The second-order valence-electron chi connectivity index (χ2n) is 8.63. The quantitative estimate of drug-likeness (QED) is 0.378. The van der Waals surface area contributed by atoms with Gasteiger partial charge in [-0.2, -0.15) is 0 Å². The van der Waals surface area contributed by atoms with Gasteiger partial charge in [-0.1, -0.05) is 51.1 Å². The second kappa shape index (κ2) is 13.1. The van der Waals surface area contributed by atoms with Crippen LogP contribution in [0.3, 0.4) is 0 Å². The van der Waals surface area contributed by atoms with Gasteiger partial charge in [-0.05, 0) is 71.2 Å². The van der Waals surface area contributed by atoms with Crippen LogP contribution in [0.5, 0.6) is 0 Å². The third-order valence-corrected chi connectivity index (χ3v) is 7.21. The third kappa shape index (κ3) is 8.57. The van der Waals surface area contributed by atoms with Crippen LogP contribution in [-0.4, -0.2) is 57.1 Å². The Kier molecular flexibility index (Phi) is 10.8. The number of carbonyl (C=O) groups excluding carboxylic acids is 2. The van der Waals surface area contributed by atoms with Crippen molar-refractivity contribution in [3.8, 4) is 0 Å². The summed E-state index contributed by atoms with van der Waals surface area (Å²) < 4.78 is 27.2. The maximum atomic E-state index is 13.5. The molecule has 0 saturated carbocycles. The Morgan fingerprint density at radius 1 is 1.03 bits per heavy atom. The zero-order valence-corrected chi connectivity index (χ0v) is 23.2. The summed E-state index contributed by atoms with van der Waals surface area (Å²) in [5, 5.41) is 2.92. The van der Waals surface area contributed by atoms with Gasteiger partial charge in [-0.3, -0.25) is 13.9 Å². The Labute approximate surface area is 217 Å². The fourth-order valence-corrected chi connectivity index (χ4v) is 4.75. The SMILES string of the molecule is CCC(C(=O)NCC(C)C)N(CCc1ccccc1)C(=O)CN(c1ccc(I)cc1)S(C)(=O)=O. The van der Waals surface area contributed by atoms with E-state index in [1.807, 2.05) is 51.1 Å². The summed E-state index contributed by atoms with van der Waals surface area (Å²) in [5.41, 5.74) is 1.45. The summed E-state index contributed by atoms with van der Waals surface area (Å²) >= 11 is 2.14. The molecular formula is C25H34IN3O4S. The van der Waals surface area contributed by atoms with Crippen LogP contribution in [0.2, 0.25) is 0 Å². The average molecular weight is 600 g/mol. The minimum absolute atomic E-state index is 0.224. The van der Waals surface area contributed by atoms with Crippen molar-refractivity contribution in [2.45, 2.75) is 39.7 Å². The molecule has 34 heavy (non-hydrogen) atoms. The van der Waals surface area contributed by atoms with Crippen molar-refractivity contribution < 1.29 is 18.0 Å². The average Bonchev–Trinajstić information content (AvgIpc) is 2.79. The van der Waals surface area contributed by atoms with Gasteiger partial charge in [0.2, 0.25) is 21.8 Å². The summed E-state index contributed by atoms with van der Waals surface area (Å²) in [4.78, 5) is 28.1. The first-order valence-electron chi connectivity index (χ1n) is 11.4. The van der Waals surface area contributed by atoms with Crippen LogP contribution in [-0.2, 0) is 26.0 Å². The van der Waals surface area contributed by atoms with Crippen molar-refractivity contribution >= 4 is 50.1 Å². The predicted octanol–water partition coefficient (Wildman–Crippen LogP) is 3.68. The van der Waals surface area contributed by atoms with E-state index in [0.29, 0.717) is 31.6 Å². The van der Waals surface area contributed by atoms with Gasteiger partial charge in [-0.25, -0.2) is 8.42 Å². The largest absolute Gasteiger partial charge is 0.354 e. The van der Waals surface area contributed by atoms with E-state index in [-0.39, 0.29) is 18.4 Å². The molecule has 1 unspecified atom stereocenters. The van der Waals surface area contributed by atoms with Gasteiger partial charge in [0.1, 0.15) is 12.6 Å². The van der Waals surface area contributed by atoms with Crippen LogP contribution >= 0.6 is 22.6 Å². The first-order valence-corrected chi connectivity index (χ1v) is 14.3. The number of amides is 2. The van der Waals surface area contributed by atoms with Crippen LogP contribution in [0, 0.1) is 9.49 Å². The molecule has 0 aromatic heterocycles. The van der Waals surface area contributed by atoms with Gasteiger partial charge in [0.25, 0.3) is 0 Å². The molecule has 0 heterocycles. The molecule has 0 aliphatic carbocycles. The lowest BCUT2D eigenvalue weighted by Gasteiger charge is -2.33. The molecule has 1 atom stereocenters. The molecule has 0 spiro atoms. The molecular weight excluding hydrogens is 565 g/mol. The number of carbonyl (C=O) groups is 2. The van der Waals surface area contributed by atoms with E-state index in [9.17, 15) is 18.0 Å². The maximum Gasteiger partial charge on any atom is 0.244 e. The zero-order valence-electron chi connectivity index (χ0n) is 20.2.